The minimum atomic E-state index is 0.212. The van der Waals surface area contributed by atoms with E-state index in [0.29, 0.717) is 6.42 Å². The number of piperazine rings is 1. The van der Waals surface area contributed by atoms with Crippen molar-refractivity contribution in [2.75, 3.05) is 38.2 Å². The quantitative estimate of drug-likeness (QED) is 0.638. The number of carbonyl (C=O) groups is 1. The topological polar surface area (TPSA) is 76.4 Å². The lowest BCUT2D eigenvalue weighted by atomic mass is 10.1. The van der Waals surface area contributed by atoms with Crippen molar-refractivity contribution in [1.29, 1.82) is 0 Å². The SMILES string of the molecule is COc1ccc(N2CCN(C(=O)CCc3ccc(-n4cnnn4)cc3)CC2)cc1. The van der Waals surface area contributed by atoms with Gasteiger partial charge in [0.15, 0.2) is 0 Å². The number of aromatic nitrogens is 4. The molecule has 1 amide bonds. The van der Waals surface area contributed by atoms with Gasteiger partial charge in [-0.25, -0.2) is 4.68 Å². The second kappa shape index (κ2) is 8.72. The fourth-order valence-electron chi connectivity index (χ4n) is 3.51. The van der Waals surface area contributed by atoms with E-state index in [9.17, 15) is 4.79 Å². The summed E-state index contributed by atoms with van der Waals surface area (Å²) < 4.78 is 6.82. The summed E-state index contributed by atoms with van der Waals surface area (Å²) in [7, 11) is 1.67. The fraction of sp³-hybridized carbons (Fsp3) is 0.333. The zero-order valence-electron chi connectivity index (χ0n) is 16.4. The van der Waals surface area contributed by atoms with Crippen LogP contribution in [0.5, 0.6) is 5.75 Å². The molecule has 0 spiro atoms. The first-order valence-corrected chi connectivity index (χ1v) is 9.72. The average Bonchev–Trinajstić information content (AvgIpc) is 3.33. The van der Waals surface area contributed by atoms with Crippen LogP contribution in [0.25, 0.3) is 5.69 Å². The Balaban J connectivity index is 1.25. The fourth-order valence-corrected chi connectivity index (χ4v) is 3.51. The van der Waals surface area contributed by atoms with Crippen molar-refractivity contribution in [3.05, 3.63) is 60.4 Å². The van der Waals surface area contributed by atoms with Crippen molar-refractivity contribution in [3.8, 4) is 11.4 Å². The first-order valence-electron chi connectivity index (χ1n) is 9.72. The number of amides is 1. The maximum absolute atomic E-state index is 12.6. The van der Waals surface area contributed by atoms with Crippen molar-refractivity contribution in [2.24, 2.45) is 0 Å². The van der Waals surface area contributed by atoms with Gasteiger partial charge in [0, 0.05) is 38.3 Å². The number of rotatable bonds is 6. The van der Waals surface area contributed by atoms with Crippen molar-refractivity contribution >= 4 is 11.6 Å². The number of ether oxygens (including phenoxy) is 1. The van der Waals surface area contributed by atoms with Gasteiger partial charge in [0.05, 0.1) is 12.8 Å². The molecule has 1 aliphatic rings. The van der Waals surface area contributed by atoms with E-state index in [1.807, 2.05) is 41.3 Å². The van der Waals surface area contributed by atoms with Gasteiger partial charge >= 0.3 is 0 Å². The molecule has 1 aromatic heterocycles. The second-order valence-electron chi connectivity index (χ2n) is 6.99. The summed E-state index contributed by atoms with van der Waals surface area (Å²) in [6.45, 7) is 3.20. The maximum atomic E-state index is 12.6. The Bertz CT molecular complexity index is 917. The van der Waals surface area contributed by atoms with Gasteiger partial charge in [-0.3, -0.25) is 4.79 Å². The van der Waals surface area contributed by atoms with Gasteiger partial charge < -0.3 is 14.5 Å². The van der Waals surface area contributed by atoms with Crippen molar-refractivity contribution in [2.45, 2.75) is 12.8 Å². The first kappa shape index (κ1) is 18.9. The lowest BCUT2D eigenvalue weighted by Crippen LogP contribution is -2.48. The Hall–Kier alpha value is -3.42. The van der Waals surface area contributed by atoms with Crippen LogP contribution >= 0.6 is 0 Å². The van der Waals surface area contributed by atoms with Crippen molar-refractivity contribution < 1.29 is 9.53 Å². The summed E-state index contributed by atoms with van der Waals surface area (Å²) >= 11 is 0. The monoisotopic (exact) mass is 392 g/mol. The van der Waals surface area contributed by atoms with Crippen LogP contribution in [-0.2, 0) is 11.2 Å². The number of hydrogen-bond donors (Lipinski definition) is 0. The van der Waals surface area contributed by atoms with E-state index >= 15 is 0 Å². The minimum Gasteiger partial charge on any atom is -0.497 e. The lowest BCUT2D eigenvalue weighted by Gasteiger charge is -2.36. The Kier molecular flexibility index (Phi) is 5.69. The number of benzene rings is 2. The van der Waals surface area contributed by atoms with Crippen LogP contribution < -0.4 is 9.64 Å². The van der Waals surface area contributed by atoms with Gasteiger partial charge in [-0.05, 0) is 58.8 Å². The second-order valence-corrected chi connectivity index (χ2v) is 6.99. The van der Waals surface area contributed by atoms with Gasteiger partial charge in [0.2, 0.25) is 5.91 Å². The van der Waals surface area contributed by atoms with Gasteiger partial charge in [-0.15, -0.1) is 5.10 Å². The molecular formula is C21H24N6O2. The molecule has 1 aliphatic heterocycles. The number of tetrazole rings is 1. The van der Waals surface area contributed by atoms with Crippen LogP contribution in [-0.4, -0.2) is 64.3 Å². The predicted octanol–water partition coefficient (Wildman–Crippen LogP) is 1.95. The van der Waals surface area contributed by atoms with Gasteiger partial charge in [-0.1, -0.05) is 12.1 Å². The maximum Gasteiger partial charge on any atom is 0.223 e. The molecule has 0 radical (unpaired) electrons. The smallest absolute Gasteiger partial charge is 0.223 e. The van der Waals surface area contributed by atoms with Gasteiger partial charge in [0.1, 0.15) is 12.1 Å². The van der Waals surface area contributed by atoms with E-state index in [-0.39, 0.29) is 5.91 Å². The zero-order chi connectivity index (χ0) is 20.1. The molecule has 0 N–H and O–H groups in total. The molecule has 2 heterocycles. The molecule has 1 fully saturated rings. The molecule has 29 heavy (non-hydrogen) atoms. The number of nitrogens with zero attached hydrogens (tertiary/aromatic N) is 6. The average molecular weight is 392 g/mol. The van der Waals surface area contributed by atoms with E-state index in [2.05, 4.69) is 32.6 Å². The molecule has 8 heteroatoms. The molecule has 0 bridgehead atoms. The first-order chi connectivity index (χ1) is 14.2. The van der Waals surface area contributed by atoms with E-state index in [4.69, 9.17) is 4.74 Å². The van der Waals surface area contributed by atoms with E-state index < -0.39 is 0 Å². The molecule has 0 aliphatic carbocycles. The highest BCUT2D eigenvalue weighted by molar-refractivity contribution is 5.76. The molecule has 0 unspecified atom stereocenters. The van der Waals surface area contributed by atoms with Gasteiger partial charge in [-0.2, -0.15) is 0 Å². The third kappa shape index (κ3) is 4.53. The van der Waals surface area contributed by atoms with Crippen LogP contribution in [0, 0.1) is 0 Å². The van der Waals surface area contributed by atoms with Crippen molar-refractivity contribution in [3.63, 3.8) is 0 Å². The number of methoxy groups -OCH3 is 1. The molecule has 0 saturated carbocycles. The molecule has 1 saturated heterocycles. The molecule has 0 atom stereocenters. The third-order valence-corrected chi connectivity index (χ3v) is 5.25. The van der Waals surface area contributed by atoms with E-state index in [1.165, 1.54) is 5.69 Å². The lowest BCUT2D eigenvalue weighted by molar-refractivity contribution is -0.131. The normalized spacial score (nSPS) is 14.1. The summed E-state index contributed by atoms with van der Waals surface area (Å²) in [5.74, 6) is 1.07. The summed E-state index contributed by atoms with van der Waals surface area (Å²) in [6.07, 6.45) is 2.81. The molecule has 4 rings (SSSR count). The Labute approximate surface area is 169 Å². The molecule has 150 valence electrons. The molecule has 3 aromatic rings. The standard InChI is InChI=1S/C21H24N6O2/c1-29-20-9-7-18(8-10-20)25-12-14-26(15-13-25)21(28)11-4-17-2-5-19(6-3-17)27-16-22-23-24-27/h2-3,5-10,16H,4,11-15H2,1H3. The van der Waals surface area contributed by atoms with Crippen LogP contribution in [0.15, 0.2) is 54.9 Å². The summed E-state index contributed by atoms with van der Waals surface area (Å²) in [6, 6.07) is 16.0. The Morgan fingerprint density at radius 2 is 1.66 bits per heavy atom. The third-order valence-electron chi connectivity index (χ3n) is 5.25. The van der Waals surface area contributed by atoms with Crippen LogP contribution in [0.2, 0.25) is 0 Å². The van der Waals surface area contributed by atoms with Crippen LogP contribution in [0.3, 0.4) is 0 Å². The largest absolute Gasteiger partial charge is 0.497 e. The highest BCUT2D eigenvalue weighted by atomic mass is 16.5. The highest BCUT2D eigenvalue weighted by Crippen LogP contribution is 2.21. The Morgan fingerprint density at radius 1 is 0.966 bits per heavy atom. The summed E-state index contributed by atoms with van der Waals surface area (Å²) in [4.78, 5) is 16.9. The van der Waals surface area contributed by atoms with E-state index in [1.54, 1.807) is 18.1 Å². The number of hydrogen-bond acceptors (Lipinski definition) is 6. The summed E-state index contributed by atoms with van der Waals surface area (Å²) in [5.41, 5.74) is 3.20. The number of carbonyl (C=O) groups excluding carboxylic acids is 1. The molecule has 8 nitrogen and oxygen atoms in total. The number of aryl methyl sites for hydroxylation is 1. The highest BCUT2D eigenvalue weighted by Gasteiger charge is 2.21. The van der Waals surface area contributed by atoms with Gasteiger partial charge in [0.25, 0.3) is 0 Å². The molecular weight excluding hydrogens is 368 g/mol. The minimum absolute atomic E-state index is 0.212. The Morgan fingerprint density at radius 3 is 2.28 bits per heavy atom. The molecule has 2 aromatic carbocycles. The summed E-state index contributed by atoms with van der Waals surface area (Å²) in [5, 5.41) is 11.1. The van der Waals surface area contributed by atoms with Crippen LogP contribution in [0.4, 0.5) is 5.69 Å². The van der Waals surface area contributed by atoms with Crippen LogP contribution in [0.1, 0.15) is 12.0 Å². The zero-order valence-corrected chi connectivity index (χ0v) is 16.4. The predicted molar refractivity (Wildman–Crippen MR) is 109 cm³/mol. The van der Waals surface area contributed by atoms with Crippen molar-refractivity contribution in [1.82, 2.24) is 25.1 Å². The van der Waals surface area contributed by atoms with E-state index in [0.717, 1.165) is 49.6 Å². The number of anilines is 1.